The summed E-state index contributed by atoms with van der Waals surface area (Å²) < 4.78 is 283. The van der Waals surface area contributed by atoms with Crippen molar-refractivity contribution in [2.24, 2.45) is 0 Å². The molecule has 22 heteroatoms. The fraction of sp³-hybridized carbons (Fsp3) is 0.500. The minimum absolute atomic E-state index is 0.186. The zero-order valence-corrected chi connectivity index (χ0v) is 25.7. The Bertz CT molecular complexity index is 1260. The molecule has 2 aromatic rings. The van der Waals surface area contributed by atoms with E-state index in [9.17, 15) is 87.8 Å². The molecule has 0 saturated carbocycles. The Hall–Kier alpha value is -1.50. The van der Waals surface area contributed by atoms with Gasteiger partial charge in [0.05, 0.1) is 0 Å². The number of benzene rings is 2. The van der Waals surface area contributed by atoms with Crippen molar-refractivity contribution >= 4 is 45.2 Å². The van der Waals surface area contributed by atoms with E-state index in [0.29, 0.717) is 24.3 Å². The highest BCUT2D eigenvalue weighted by Gasteiger charge is 2.97. The molecule has 0 radical (unpaired) electrons. The van der Waals surface area contributed by atoms with Gasteiger partial charge in [-0.3, -0.25) is 0 Å². The molecule has 0 saturated heterocycles. The first-order valence-electron chi connectivity index (χ1n) is 11.5. The van der Waals surface area contributed by atoms with Gasteiger partial charge in [0.2, 0.25) is 0 Å². The minimum Gasteiger partial charge on any atom is -0.199 e. The molecule has 0 atom stereocenters. The van der Waals surface area contributed by atoms with Gasteiger partial charge in [0.25, 0.3) is 0 Å². The Morgan fingerprint density at radius 2 is 0.478 bits per heavy atom. The number of halogens is 22. The first-order valence-corrected chi connectivity index (χ1v) is 13.6. The van der Waals surface area contributed by atoms with Gasteiger partial charge >= 0.3 is 59.2 Å². The molecular formula is C24H12F20I2. The van der Waals surface area contributed by atoms with E-state index >= 15 is 0 Å². The van der Waals surface area contributed by atoms with Crippen LogP contribution in [0.2, 0.25) is 0 Å². The number of hydrogen-bond donors (Lipinski definition) is 0. The van der Waals surface area contributed by atoms with Gasteiger partial charge in [0.15, 0.2) is 0 Å². The molecule has 0 aromatic heterocycles. The van der Waals surface area contributed by atoms with Gasteiger partial charge in [0, 0.05) is 20.0 Å². The molecule has 0 aliphatic heterocycles. The van der Waals surface area contributed by atoms with Crippen molar-refractivity contribution in [3.63, 3.8) is 0 Å². The standard InChI is InChI=1S/C24H12F20I2/c25-15(26,9-11-1-5-13(45)6-2-11)17(29,30)19(33,34)21(37,38)23(41,42)24(43,44)22(39,40)20(35,36)18(31,32)16(27,28)10-12-3-7-14(46)8-4-12/h1-8H,9-10H2. The molecule has 0 bridgehead atoms. The third kappa shape index (κ3) is 6.10. The van der Waals surface area contributed by atoms with Gasteiger partial charge in [-0.05, 0) is 80.6 Å². The maximum atomic E-state index is 14.2. The molecule has 0 fully saturated rings. The van der Waals surface area contributed by atoms with Crippen LogP contribution < -0.4 is 0 Å². The lowest BCUT2D eigenvalue weighted by Gasteiger charge is -2.45. The van der Waals surface area contributed by atoms with Gasteiger partial charge in [0.1, 0.15) is 0 Å². The van der Waals surface area contributed by atoms with Gasteiger partial charge < -0.3 is 0 Å². The van der Waals surface area contributed by atoms with E-state index in [2.05, 4.69) is 0 Å². The van der Waals surface area contributed by atoms with Crippen molar-refractivity contribution in [3.8, 4) is 0 Å². The molecular weight excluding hydrogens is 922 g/mol. The summed E-state index contributed by atoms with van der Waals surface area (Å²) in [5, 5.41) is 0. The van der Waals surface area contributed by atoms with E-state index in [1.807, 2.05) is 0 Å². The average molecular weight is 934 g/mol. The highest BCUT2D eigenvalue weighted by molar-refractivity contribution is 14.1. The largest absolute Gasteiger partial charge is 0.385 e. The molecule has 262 valence electrons. The molecule has 0 N–H and O–H groups in total. The van der Waals surface area contributed by atoms with Gasteiger partial charge in [-0.25, -0.2) is 0 Å². The topological polar surface area (TPSA) is 0 Å². The Morgan fingerprint density at radius 3 is 0.674 bits per heavy atom. The van der Waals surface area contributed by atoms with Crippen LogP contribution in [-0.2, 0) is 12.8 Å². The molecule has 46 heavy (non-hydrogen) atoms. The van der Waals surface area contributed by atoms with E-state index in [0.717, 1.165) is 24.3 Å². The summed E-state index contributed by atoms with van der Waals surface area (Å²) in [6.07, 6.45) is -5.42. The molecule has 0 amide bonds. The predicted molar refractivity (Wildman–Crippen MR) is 135 cm³/mol. The molecule has 0 aliphatic carbocycles. The Kier molecular flexibility index (Phi) is 10.7. The van der Waals surface area contributed by atoms with E-state index in [1.165, 1.54) is 45.2 Å². The van der Waals surface area contributed by atoms with Crippen molar-refractivity contribution in [3.05, 3.63) is 66.8 Å². The highest BCUT2D eigenvalue weighted by Crippen LogP contribution is 2.66. The van der Waals surface area contributed by atoms with Gasteiger partial charge in [-0.2, -0.15) is 87.8 Å². The summed E-state index contributed by atoms with van der Waals surface area (Å²) in [4.78, 5) is 0. The number of hydrogen-bond acceptors (Lipinski definition) is 0. The lowest BCUT2D eigenvalue weighted by atomic mass is 9.84. The number of alkyl halides is 20. The van der Waals surface area contributed by atoms with Crippen molar-refractivity contribution in [2.75, 3.05) is 0 Å². The molecule has 2 rings (SSSR count). The van der Waals surface area contributed by atoms with Crippen LogP contribution in [0.25, 0.3) is 0 Å². The fourth-order valence-electron chi connectivity index (χ4n) is 3.58. The monoisotopic (exact) mass is 934 g/mol. The van der Waals surface area contributed by atoms with E-state index in [4.69, 9.17) is 0 Å². The fourth-order valence-corrected chi connectivity index (χ4v) is 4.30. The number of rotatable bonds is 13. The second-order valence-corrected chi connectivity index (χ2v) is 12.1. The normalized spacial score (nSPS) is 15.3. The maximum absolute atomic E-state index is 14.2. The first-order chi connectivity index (χ1) is 20.2. The molecule has 0 aliphatic rings. The third-order valence-corrected chi connectivity index (χ3v) is 7.80. The summed E-state index contributed by atoms with van der Waals surface area (Å²) in [7, 11) is 0. The molecule has 0 heterocycles. The SMILES string of the molecule is FC(F)(Cc1ccc(I)cc1)C(F)(F)C(F)(F)C(F)(F)C(F)(F)C(F)(F)C(F)(F)C(F)(F)C(F)(F)C(F)(F)Cc1ccc(I)cc1. The van der Waals surface area contributed by atoms with Crippen molar-refractivity contribution < 1.29 is 87.8 Å². The molecule has 0 unspecified atom stereocenters. The molecule has 0 spiro atoms. The second kappa shape index (κ2) is 12.1. The third-order valence-electron chi connectivity index (χ3n) is 6.36. The quantitative estimate of drug-likeness (QED) is 0.139. The molecule has 0 nitrogen and oxygen atoms in total. The summed E-state index contributed by atoms with van der Waals surface area (Å²) in [6.45, 7) is 0. The highest BCUT2D eigenvalue weighted by atomic mass is 127. The van der Waals surface area contributed by atoms with Crippen LogP contribution in [0.1, 0.15) is 11.1 Å². The van der Waals surface area contributed by atoms with Gasteiger partial charge in [-0.1, -0.05) is 24.3 Å². The Morgan fingerprint density at radius 1 is 0.304 bits per heavy atom. The summed E-state index contributed by atoms with van der Waals surface area (Å²) in [5.74, 6) is -81.9. The Balaban J connectivity index is 2.60. The van der Waals surface area contributed by atoms with Crippen LogP contribution in [0.3, 0.4) is 0 Å². The Labute approximate surface area is 271 Å². The maximum Gasteiger partial charge on any atom is 0.385 e. The van der Waals surface area contributed by atoms with Crippen LogP contribution in [-0.4, -0.2) is 59.2 Å². The smallest absolute Gasteiger partial charge is 0.199 e. The summed E-state index contributed by atoms with van der Waals surface area (Å²) in [5.41, 5.74) is -2.17. The molecule has 2 aromatic carbocycles. The zero-order valence-electron chi connectivity index (χ0n) is 21.3. The van der Waals surface area contributed by atoms with Crippen LogP contribution in [0.15, 0.2) is 48.5 Å². The van der Waals surface area contributed by atoms with E-state index < -0.39 is 83.2 Å². The van der Waals surface area contributed by atoms with E-state index in [-0.39, 0.29) is 7.14 Å². The average Bonchev–Trinajstić information content (AvgIpc) is 2.90. The first kappa shape index (κ1) is 40.7. The van der Waals surface area contributed by atoms with Crippen molar-refractivity contribution in [1.29, 1.82) is 0 Å². The second-order valence-electron chi connectivity index (χ2n) is 9.61. The lowest BCUT2D eigenvalue weighted by molar-refractivity contribution is -0.468. The lowest BCUT2D eigenvalue weighted by Crippen LogP contribution is -2.77. The zero-order chi connectivity index (χ0) is 36.4. The van der Waals surface area contributed by atoms with Crippen molar-refractivity contribution in [1.82, 2.24) is 0 Å². The van der Waals surface area contributed by atoms with Crippen LogP contribution in [0.4, 0.5) is 87.8 Å². The van der Waals surface area contributed by atoms with Crippen molar-refractivity contribution in [2.45, 2.75) is 72.1 Å². The summed E-state index contributed by atoms with van der Waals surface area (Å²) >= 11 is 3.01. The minimum atomic E-state index is -9.04. The van der Waals surface area contributed by atoms with Gasteiger partial charge in [-0.15, -0.1) is 0 Å². The summed E-state index contributed by atoms with van der Waals surface area (Å²) in [6, 6.07) is 5.43. The predicted octanol–water partition coefficient (Wildman–Crippen LogP) is 11.0. The van der Waals surface area contributed by atoms with E-state index in [1.54, 1.807) is 0 Å². The van der Waals surface area contributed by atoms with Crippen LogP contribution in [0, 0.1) is 7.14 Å². The van der Waals surface area contributed by atoms with Crippen LogP contribution >= 0.6 is 45.2 Å². The van der Waals surface area contributed by atoms with Crippen LogP contribution in [0.5, 0.6) is 0 Å².